The summed E-state index contributed by atoms with van der Waals surface area (Å²) in [5.74, 6) is 0. The third-order valence-electron chi connectivity index (χ3n) is 3.32. The molecular formula is C12H25NO3. The quantitative estimate of drug-likeness (QED) is 0.628. The molecule has 3 unspecified atom stereocenters. The maximum absolute atomic E-state index is 10.0. The molecule has 1 saturated carbocycles. The average Bonchev–Trinajstić information content (AvgIpc) is 2.26. The van der Waals surface area contributed by atoms with Gasteiger partial charge in [0.1, 0.15) is 0 Å². The van der Waals surface area contributed by atoms with Crippen molar-refractivity contribution in [2.75, 3.05) is 20.3 Å². The highest BCUT2D eigenvalue weighted by atomic mass is 16.5. The predicted octanol–water partition coefficient (Wildman–Crippen LogP) is 0.667. The lowest BCUT2D eigenvalue weighted by atomic mass is 9.91. The van der Waals surface area contributed by atoms with Crippen LogP contribution in [0.2, 0.25) is 0 Å². The van der Waals surface area contributed by atoms with Crippen molar-refractivity contribution in [1.29, 1.82) is 0 Å². The lowest BCUT2D eigenvalue weighted by molar-refractivity contribution is 0.0126. The van der Waals surface area contributed by atoms with Crippen LogP contribution in [0.15, 0.2) is 0 Å². The van der Waals surface area contributed by atoms with E-state index in [1.54, 1.807) is 14.0 Å². The van der Waals surface area contributed by atoms with E-state index >= 15 is 0 Å². The second-order valence-corrected chi connectivity index (χ2v) is 5.08. The summed E-state index contributed by atoms with van der Waals surface area (Å²) in [5, 5.41) is 23.1. The Hall–Kier alpha value is -0.160. The molecule has 0 aliphatic heterocycles. The van der Waals surface area contributed by atoms with Gasteiger partial charge in [-0.15, -0.1) is 0 Å². The number of aliphatic hydroxyl groups is 2. The van der Waals surface area contributed by atoms with E-state index in [1.807, 2.05) is 0 Å². The number of ether oxygens (including phenoxy) is 1. The number of hydrogen-bond acceptors (Lipinski definition) is 4. The average molecular weight is 231 g/mol. The van der Waals surface area contributed by atoms with Crippen LogP contribution in [0, 0.1) is 0 Å². The molecule has 0 aromatic carbocycles. The zero-order valence-corrected chi connectivity index (χ0v) is 10.4. The Morgan fingerprint density at radius 3 is 2.69 bits per heavy atom. The molecule has 0 bridgehead atoms. The van der Waals surface area contributed by atoms with Crippen LogP contribution < -0.4 is 5.32 Å². The largest absolute Gasteiger partial charge is 0.392 e. The van der Waals surface area contributed by atoms with Gasteiger partial charge in [-0.05, 0) is 19.8 Å². The standard InChI is InChI=1S/C12H25NO3/c1-12(15,7-8-16-2)9-13-10-5-3-4-6-11(10)14/h10-11,13-15H,3-9H2,1-2H3. The van der Waals surface area contributed by atoms with E-state index in [0.717, 1.165) is 25.7 Å². The fourth-order valence-electron chi connectivity index (χ4n) is 2.11. The van der Waals surface area contributed by atoms with Crippen LogP contribution in [0.25, 0.3) is 0 Å². The molecule has 0 radical (unpaired) electrons. The van der Waals surface area contributed by atoms with Crippen molar-refractivity contribution in [2.45, 2.75) is 56.8 Å². The summed E-state index contributed by atoms with van der Waals surface area (Å²) in [5.41, 5.74) is -0.757. The maximum Gasteiger partial charge on any atom is 0.0765 e. The Morgan fingerprint density at radius 2 is 2.06 bits per heavy atom. The van der Waals surface area contributed by atoms with Gasteiger partial charge in [0, 0.05) is 32.7 Å². The highest BCUT2D eigenvalue weighted by Gasteiger charge is 2.26. The van der Waals surface area contributed by atoms with Gasteiger partial charge in [0.25, 0.3) is 0 Å². The summed E-state index contributed by atoms with van der Waals surface area (Å²) in [7, 11) is 1.63. The van der Waals surface area contributed by atoms with Crippen LogP contribution >= 0.6 is 0 Å². The van der Waals surface area contributed by atoms with Gasteiger partial charge in [-0.3, -0.25) is 0 Å². The first kappa shape index (κ1) is 13.9. The molecule has 0 spiro atoms. The summed E-state index contributed by atoms with van der Waals surface area (Å²) in [6.07, 6.45) is 4.50. The van der Waals surface area contributed by atoms with Crippen molar-refractivity contribution in [3.63, 3.8) is 0 Å². The molecule has 96 valence electrons. The number of aliphatic hydroxyl groups excluding tert-OH is 1. The molecular weight excluding hydrogens is 206 g/mol. The van der Waals surface area contributed by atoms with Crippen LogP contribution in [0.1, 0.15) is 39.0 Å². The Labute approximate surface area is 98.0 Å². The van der Waals surface area contributed by atoms with E-state index in [9.17, 15) is 10.2 Å². The lowest BCUT2D eigenvalue weighted by Gasteiger charge is -2.32. The number of hydrogen-bond donors (Lipinski definition) is 3. The van der Waals surface area contributed by atoms with Crippen molar-refractivity contribution in [1.82, 2.24) is 5.32 Å². The highest BCUT2D eigenvalue weighted by Crippen LogP contribution is 2.19. The van der Waals surface area contributed by atoms with Crippen LogP contribution in [-0.2, 0) is 4.74 Å². The fourth-order valence-corrected chi connectivity index (χ4v) is 2.11. The molecule has 0 aromatic rings. The molecule has 4 heteroatoms. The third-order valence-corrected chi connectivity index (χ3v) is 3.32. The molecule has 1 aliphatic carbocycles. The van der Waals surface area contributed by atoms with Crippen molar-refractivity contribution < 1.29 is 14.9 Å². The van der Waals surface area contributed by atoms with Crippen molar-refractivity contribution in [3.8, 4) is 0 Å². The van der Waals surface area contributed by atoms with Crippen LogP contribution in [0.5, 0.6) is 0 Å². The van der Waals surface area contributed by atoms with Crippen molar-refractivity contribution in [2.24, 2.45) is 0 Å². The SMILES string of the molecule is COCCC(C)(O)CNC1CCCCC1O. The van der Waals surface area contributed by atoms with Crippen LogP contribution in [0.4, 0.5) is 0 Å². The first-order valence-electron chi connectivity index (χ1n) is 6.18. The summed E-state index contributed by atoms with van der Waals surface area (Å²) in [4.78, 5) is 0. The van der Waals surface area contributed by atoms with E-state index in [4.69, 9.17) is 4.74 Å². The van der Waals surface area contributed by atoms with E-state index in [2.05, 4.69) is 5.32 Å². The van der Waals surface area contributed by atoms with Gasteiger partial charge < -0.3 is 20.3 Å². The number of nitrogens with one attached hydrogen (secondary N) is 1. The highest BCUT2D eigenvalue weighted by molar-refractivity contribution is 4.84. The number of methoxy groups -OCH3 is 1. The van der Waals surface area contributed by atoms with E-state index in [0.29, 0.717) is 19.6 Å². The third kappa shape index (κ3) is 4.78. The Balaban J connectivity index is 2.26. The van der Waals surface area contributed by atoms with Gasteiger partial charge in [-0.25, -0.2) is 0 Å². The second-order valence-electron chi connectivity index (χ2n) is 5.08. The molecule has 3 atom stereocenters. The summed E-state index contributed by atoms with van der Waals surface area (Å²) < 4.78 is 4.95. The minimum Gasteiger partial charge on any atom is -0.392 e. The molecule has 0 heterocycles. The van der Waals surface area contributed by atoms with Crippen molar-refractivity contribution in [3.05, 3.63) is 0 Å². The van der Waals surface area contributed by atoms with Crippen LogP contribution in [0.3, 0.4) is 0 Å². The molecule has 0 saturated heterocycles. The summed E-state index contributed by atoms with van der Waals surface area (Å²) in [6, 6.07) is 0.141. The van der Waals surface area contributed by atoms with Crippen molar-refractivity contribution >= 4 is 0 Å². The molecule has 1 rings (SSSR count). The smallest absolute Gasteiger partial charge is 0.0765 e. The monoisotopic (exact) mass is 231 g/mol. The van der Waals surface area contributed by atoms with E-state index in [-0.39, 0.29) is 12.1 Å². The molecule has 3 N–H and O–H groups in total. The van der Waals surface area contributed by atoms with E-state index < -0.39 is 5.60 Å². The van der Waals surface area contributed by atoms with Gasteiger partial charge in [0.15, 0.2) is 0 Å². The Bertz CT molecular complexity index is 197. The normalized spacial score (nSPS) is 30.0. The topological polar surface area (TPSA) is 61.7 Å². The molecule has 4 nitrogen and oxygen atoms in total. The minimum atomic E-state index is -0.757. The molecule has 0 aromatic heterocycles. The molecule has 1 aliphatic rings. The zero-order chi connectivity index (χ0) is 12.0. The summed E-state index contributed by atoms with van der Waals surface area (Å²) >= 11 is 0. The maximum atomic E-state index is 10.0. The van der Waals surface area contributed by atoms with Gasteiger partial charge in [-0.1, -0.05) is 12.8 Å². The second kappa shape index (κ2) is 6.55. The first-order valence-corrected chi connectivity index (χ1v) is 6.18. The predicted molar refractivity (Wildman–Crippen MR) is 63.4 cm³/mol. The zero-order valence-electron chi connectivity index (χ0n) is 10.4. The van der Waals surface area contributed by atoms with Gasteiger partial charge >= 0.3 is 0 Å². The first-order chi connectivity index (χ1) is 7.55. The minimum absolute atomic E-state index is 0.141. The van der Waals surface area contributed by atoms with Gasteiger partial charge in [0.05, 0.1) is 11.7 Å². The lowest BCUT2D eigenvalue weighted by Crippen LogP contribution is -2.48. The molecule has 1 fully saturated rings. The summed E-state index contributed by atoms with van der Waals surface area (Å²) in [6.45, 7) is 2.87. The Kier molecular flexibility index (Phi) is 5.69. The van der Waals surface area contributed by atoms with Gasteiger partial charge in [0.2, 0.25) is 0 Å². The van der Waals surface area contributed by atoms with Gasteiger partial charge in [-0.2, -0.15) is 0 Å². The van der Waals surface area contributed by atoms with Crippen LogP contribution in [-0.4, -0.2) is 48.2 Å². The molecule has 16 heavy (non-hydrogen) atoms. The fraction of sp³-hybridized carbons (Fsp3) is 1.00. The number of rotatable bonds is 6. The molecule has 0 amide bonds. The Morgan fingerprint density at radius 1 is 1.38 bits per heavy atom. The van der Waals surface area contributed by atoms with E-state index in [1.165, 1.54) is 0 Å².